The number of hydrogen-bond acceptors (Lipinski definition) is 6. The topological polar surface area (TPSA) is 82.9 Å². The molecule has 2 aromatic carbocycles. The van der Waals surface area contributed by atoms with Gasteiger partial charge in [0.2, 0.25) is 0 Å². The second-order valence-electron chi connectivity index (χ2n) is 5.36. The highest BCUT2D eigenvalue weighted by Gasteiger charge is 2.15. The molecule has 0 spiro atoms. The Bertz CT molecular complexity index is 716. The maximum absolute atomic E-state index is 11.8. The molecule has 6 heteroatoms. The fourth-order valence-corrected chi connectivity index (χ4v) is 1.93. The summed E-state index contributed by atoms with van der Waals surface area (Å²) in [5.41, 5.74) is 7.62. The molecule has 2 aromatic rings. The number of hydrogen-bond donors (Lipinski definition) is 2. The van der Waals surface area contributed by atoms with Crippen molar-refractivity contribution in [3.8, 4) is 0 Å². The van der Waals surface area contributed by atoms with Crippen LogP contribution < -0.4 is 10.9 Å². The Morgan fingerprint density at radius 1 is 0.720 bits per heavy atom. The van der Waals surface area contributed by atoms with Gasteiger partial charge in [0.25, 0.3) is 0 Å². The molecule has 0 bridgehead atoms. The second-order valence-corrected chi connectivity index (χ2v) is 5.36. The number of para-hydroxylation sites is 2. The lowest BCUT2D eigenvalue weighted by molar-refractivity contribution is -0.111. The lowest BCUT2D eigenvalue weighted by atomic mass is 10.1. The highest BCUT2D eigenvalue weighted by atomic mass is 16.1. The summed E-state index contributed by atoms with van der Waals surface area (Å²) in [5.74, 6) is -0.450. The van der Waals surface area contributed by atoms with Crippen molar-refractivity contribution in [2.45, 2.75) is 20.3 Å². The van der Waals surface area contributed by atoms with Crippen molar-refractivity contribution < 1.29 is 9.59 Å². The van der Waals surface area contributed by atoms with Crippen molar-refractivity contribution >= 4 is 34.4 Å². The van der Waals surface area contributed by atoms with E-state index in [-0.39, 0.29) is 29.4 Å². The van der Waals surface area contributed by atoms with Gasteiger partial charge in [0.15, 0.2) is 11.6 Å². The zero-order chi connectivity index (χ0) is 18.1. The summed E-state index contributed by atoms with van der Waals surface area (Å²) >= 11 is 0. The third-order valence-electron chi connectivity index (χ3n) is 3.34. The van der Waals surface area contributed by atoms with Gasteiger partial charge in [0, 0.05) is 20.3 Å². The number of Topliss-reactive ketones (excluding diaryl/α,β-unsaturated/α-hetero) is 2. The summed E-state index contributed by atoms with van der Waals surface area (Å²) in [4.78, 5) is 23.7. The van der Waals surface area contributed by atoms with Crippen LogP contribution in [-0.2, 0) is 9.59 Å². The van der Waals surface area contributed by atoms with Gasteiger partial charge in [-0.2, -0.15) is 10.2 Å². The molecule has 0 aliphatic heterocycles. The maximum atomic E-state index is 11.8. The van der Waals surface area contributed by atoms with Crippen LogP contribution in [0.4, 0.5) is 11.4 Å². The van der Waals surface area contributed by atoms with Crippen molar-refractivity contribution in [3.63, 3.8) is 0 Å². The minimum atomic E-state index is -0.225. The third kappa shape index (κ3) is 6.02. The van der Waals surface area contributed by atoms with E-state index >= 15 is 0 Å². The molecular formula is C19H20N4O2. The molecule has 0 unspecified atom stereocenters. The van der Waals surface area contributed by atoms with Crippen LogP contribution in [0.2, 0.25) is 0 Å². The Hall–Kier alpha value is -3.28. The zero-order valence-electron chi connectivity index (χ0n) is 14.2. The fourth-order valence-electron chi connectivity index (χ4n) is 1.93. The Morgan fingerprint density at radius 3 is 1.40 bits per heavy atom. The van der Waals surface area contributed by atoms with E-state index in [2.05, 4.69) is 21.1 Å². The molecule has 0 radical (unpaired) electrons. The van der Waals surface area contributed by atoms with Crippen molar-refractivity contribution in [3.05, 3.63) is 60.7 Å². The minimum absolute atomic E-state index is 0.0460. The fraction of sp³-hybridized carbons (Fsp3) is 0.158. The van der Waals surface area contributed by atoms with Gasteiger partial charge >= 0.3 is 0 Å². The number of nitrogens with one attached hydrogen (secondary N) is 2. The molecule has 6 nitrogen and oxygen atoms in total. The van der Waals surface area contributed by atoms with Gasteiger partial charge in [-0.05, 0) is 24.3 Å². The van der Waals surface area contributed by atoms with Crippen LogP contribution in [0.5, 0.6) is 0 Å². The molecule has 0 heterocycles. The van der Waals surface area contributed by atoms with E-state index in [9.17, 15) is 9.59 Å². The van der Waals surface area contributed by atoms with Crippen LogP contribution in [0, 0.1) is 0 Å². The van der Waals surface area contributed by atoms with Crippen LogP contribution in [0.25, 0.3) is 0 Å². The minimum Gasteiger partial charge on any atom is -0.293 e. The molecule has 0 fully saturated rings. The number of rotatable bonds is 8. The second kappa shape index (κ2) is 9.12. The number of anilines is 2. The van der Waals surface area contributed by atoms with E-state index in [1.807, 2.05) is 60.7 Å². The lowest BCUT2D eigenvalue weighted by Crippen LogP contribution is -2.22. The van der Waals surface area contributed by atoms with Gasteiger partial charge in [-0.3, -0.25) is 20.4 Å². The Balaban J connectivity index is 2.13. The van der Waals surface area contributed by atoms with Crippen molar-refractivity contribution in [1.29, 1.82) is 0 Å². The molecular weight excluding hydrogens is 316 g/mol. The van der Waals surface area contributed by atoms with Gasteiger partial charge in [-0.1, -0.05) is 36.4 Å². The maximum Gasteiger partial charge on any atom is 0.176 e. The van der Waals surface area contributed by atoms with Crippen LogP contribution >= 0.6 is 0 Å². The summed E-state index contributed by atoms with van der Waals surface area (Å²) < 4.78 is 0. The van der Waals surface area contributed by atoms with E-state index in [0.29, 0.717) is 0 Å². The summed E-state index contributed by atoms with van der Waals surface area (Å²) in [6.45, 7) is 2.82. The molecule has 0 amide bonds. The van der Waals surface area contributed by atoms with Gasteiger partial charge in [-0.15, -0.1) is 0 Å². The molecule has 0 saturated heterocycles. The average Bonchev–Trinajstić information content (AvgIpc) is 2.62. The molecule has 2 rings (SSSR count). The highest BCUT2D eigenvalue weighted by molar-refractivity contribution is 6.50. The van der Waals surface area contributed by atoms with Crippen molar-refractivity contribution in [2.24, 2.45) is 10.2 Å². The van der Waals surface area contributed by atoms with Crippen molar-refractivity contribution in [2.75, 3.05) is 10.9 Å². The zero-order valence-corrected chi connectivity index (χ0v) is 14.2. The quantitative estimate of drug-likeness (QED) is 0.571. The number of hydrazone groups is 2. The molecule has 0 aliphatic rings. The normalized spacial score (nSPS) is 11.8. The van der Waals surface area contributed by atoms with Crippen molar-refractivity contribution in [1.82, 2.24) is 0 Å². The SMILES string of the molecule is CC(=O)/C(C/C(=N\Nc1ccccc1)C(C)=O)=N/Nc1ccccc1. The number of benzene rings is 2. The smallest absolute Gasteiger partial charge is 0.176 e. The first-order valence-corrected chi connectivity index (χ1v) is 7.83. The summed E-state index contributed by atoms with van der Waals surface area (Å²) in [5, 5.41) is 8.25. The molecule has 25 heavy (non-hydrogen) atoms. The monoisotopic (exact) mass is 336 g/mol. The van der Waals surface area contributed by atoms with Gasteiger partial charge in [-0.25, -0.2) is 0 Å². The standard InChI is InChI=1S/C19H20N4O2/c1-14(24)18(22-20-16-9-5-3-6-10-16)13-19(15(2)25)23-21-17-11-7-4-8-12-17/h3-12,20-21H,13H2,1-2H3/b22-18+,23-19+. The number of carbonyl (C=O) groups excluding carboxylic acids is 2. The predicted molar refractivity (Wildman–Crippen MR) is 101 cm³/mol. The number of ketones is 2. The molecule has 128 valence electrons. The molecule has 2 N–H and O–H groups in total. The van der Waals surface area contributed by atoms with Gasteiger partial charge < -0.3 is 0 Å². The molecule has 0 aromatic heterocycles. The first-order valence-electron chi connectivity index (χ1n) is 7.83. The Kier molecular flexibility index (Phi) is 6.59. The molecule has 0 aliphatic carbocycles. The predicted octanol–water partition coefficient (Wildman–Crippen LogP) is 3.49. The average molecular weight is 336 g/mol. The first-order chi connectivity index (χ1) is 12.1. The van der Waals surface area contributed by atoms with E-state index in [4.69, 9.17) is 0 Å². The first kappa shape index (κ1) is 18.1. The van der Waals surface area contributed by atoms with Crippen LogP contribution in [-0.4, -0.2) is 23.0 Å². The van der Waals surface area contributed by atoms with E-state index in [0.717, 1.165) is 11.4 Å². The van der Waals surface area contributed by atoms with E-state index < -0.39 is 0 Å². The van der Waals surface area contributed by atoms with E-state index in [1.165, 1.54) is 13.8 Å². The largest absolute Gasteiger partial charge is 0.293 e. The van der Waals surface area contributed by atoms with Crippen LogP contribution in [0.3, 0.4) is 0 Å². The molecule has 0 saturated carbocycles. The van der Waals surface area contributed by atoms with Crippen LogP contribution in [0.15, 0.2) is 70.9 Å². The third-order valence-corrected chi connectivity index (χ3v) is 3.34. The summed E-state index contributed by atoms with van der Waals surface area (Å²) in [7, 11) is 0. The summed E-state index contributed by atoms with van der Waals surface area (Å²) in [6.07, 6.45) is 0.0460. The van der Waals surface area contributed by atoms with E-state index in [1.54, 1.807) is 0 Å². The Labute approximate surface area is 146 Å². The Morgan fingerprint density at radius 2 is 1.08 bits per heavy atom. The lowest BCUT2D eigenvalue weighted by Gasteiger charge is -2.07. The van der Waals surface area contributed by atoms with Crippen LogP contribution in [0.1, 0.15) is 20.3 Å². The summed E-state index contributed by atoms with van der Waals surface area (Å²) in [6, 6.07) is 18.5. The van der Waals surface area contributed by atoms with Gasteiger partial charge in [0.1, 0.15) is 11.4 Å². The van der Waals surface area contributed by atoms with Gasteiger partial charge in [0.05, 0.1) is 11.4 Å². The number of nitrogens with zero attached hydrogens (tertiary/aromatic N) is 2. The highest BCUT2D eigenvalue weighted by Crippen LogP contribution is 2.07. The number of carbonyl (C=O) groups is 2. The molecule has 0 atom stereocenters.